The van der Waals surface area contributed by atoms with Gasteiger partial charge in [-0.2, -0.15) is 0 Å². The lowest BCUT2D eigenvalue weighted by molar-refractivity contribution is -0.144. The fourth-order valence-electron chi connectivity index (χ4n) is 4.78. The van der Waals surface area contributed by atoms with Crippen molar-refractivity contribution < 1.29 is 14.3 Å². The SMILES string of the molecule is CC(C)(C)C1C(Oc2ccccc2)NC1Oc1ccccc1.CC(C)N(CCN=[N+]=[N-])C(=O)c1csc(N2CCC2)n1. The van der Waals surface area contributed by atoms with Crippen LogP contribution in [0.2, 0.25) is 0 Å². The van der Waals surface area contributed by atoms with Crippen molar-refractivity contribution in [2.24, 2.45) is 16.4 Å². The van der Waals surface area contributed by atoms with Crippen LogP contribution in [-0.4, -0.2) is 60.5 Å². The molecule has 3 aromatic rings. The first kappa shape index (κ1) is 31.2. The number of benzene rings is 2. The second kappa shape index (κ2) is 14.4. The number of amides is 1. The van der Waals surface area contributed by atoms with Gasteiger partial charge in [-0.05, 0) is 55.5 Å². The summed E-state index contributed by atoms with van der Waals surface area (Å²) in [6.45, 7) is 13.3. The summed E-state index contributed by atoms with van der Waals surface area (Å²) in [5, 5.41) is 9.60. The number of ether oxygens (including phenoxy) is 2. The Morgan fingerprint density at radius 1 is 1.10 bits per heavy atom. The standard InChI is InChI=1S/C19H23NO2.C12H18N6OS/c1-19(2,3)16-17(21-14-10-6-4-7-11-14)20-18(16)22-15-12-8-5-9-13-15;1-9(2)18(7-4-14-16-13)11(19)10-8-20-12(15-10)17-5-3-6-17/h4-13,16-18,20H,1-3H3;8-9H,3-7H2,1-2H3. The topological polar surface area (TPSA) is 116 Å². The minimum atomic E-state index is -0.101. The van der Waals surface area contributed by atoms with Crippen LogP contribution in [0.25, 0.3) is 10.4 Å². The highest BCUT2D eigenvalue weighted by Gasteiger charge is 2.50. The minimum absolute atomic E-state index is 0.0314. The van der Waals surface area contributed by atoms with E-state index in [-0.39, 0.29) is 42.3 Å². The Morgan fingerprint density at radius 3 is 2.12 bits per heavy atom. The van der Waals surface area contributed by atoms with Crippen molar-refractivity contribution in [1.82, 2.24) is 15.2 Å². The number of aromatic nitrogens is 1. The summed E-state index contributed by atoms with van der Waals surface area (Å²) in [4.78, 5) is 23.4. The molecule has 2 saturated heterocycles. The van der Waals surface area contributed by atoms with Gasteiger partial charge >= 0.3 is 0 Å². The summed E-state index contributed by atoms with van der Waals surface area (Å²) in [5.41, 5.74) is 8.88. The number of para-hydroxylation sites is 2. The first-order chi connectivity index (χ1) is 20.2. The second-order valence-corrected chi connectivity index (χ2v) is 12.5. The van der Waals surface area contributed by atoms with Gasteiger partial charge in [-0.25, -0.2) is 10.3 Å². The molecule has 1 N–H and O–H groups in total. The number of hydrogen-bond donors (Lipinski definition) is 1. The number of nitrogens with one attached hydrogen (secondary N) is 1. The monoisotopic (exact) mass is 591 g/mol. The lowest BCUT2D eigenvalue weighted by Crippen LogP contribution is -2.69. The number of hydrogen-bond acceptors (Lipinski definition) is 8. The van der Waals surface area contributed by atoms with Gasteiger partial charge in [0.2, 0.25) is 0 Å². The number of carbonyl (C=O) groups is 1. The molecular weight excluding hydrogens is 550 g/mol. The predicted octanol–water partition coefficient (Wildman–Crippen LogP) is 6.58. The van der Waals surface area contributed by atoms with Crippen LogP contribution in [0.15, 0.2) is 71.2 Å². The quantitative estimate of drug-likeness (QED) is 0.162. The van der Waals surface area contributed by atoms with Gasteiger partial charge in [0.25, 0.3) is 5.91 Å². The van der Waals surface area contributed by atoms with Crippen molar-refractivity contribution in [1.29, 1.82) is 0 Å². The van der Waals surface area contributed by atoms with E-state index in [9.17, 15) is 4.79 Å². The van der Waals surface area contributed by atoms with Crippen LogP contribution in [0, 0.1) is 11.3 Å². The van der Waals surface area contributed by atoms with E-state index in [2.05, 4.69) is 46.0 Å². The number of nitrogens with zero attached hydrogens (tertiary/aromatic N) is 6. The van der Waals surface area contributed by atoms with Gasteiger partial charge in [0.05, 0.1) is 5.92 Å². The van der Waals surface area contributed by atoms with Crippen LogP contribution in [0.1, 0.15) is 51.5 Å². The maximum absolute atomic E-state index is 12.4. The molecule has 1 amide bonds. The molecule has 2 aliphatic heterocycles. The third kappa shape index (κ3) is 8.15. The van der Waals surface area contributed by atoms with E-state index in [1.54, 1.807) is 10.3 Å². The highest BCUT2D eigenvalue weighted by Crippen LogP contribution is 2.39. The highest BCUT2D eigenvalue weighted by atomic mass is 32.1. The zero-order valence-corrected chi connectivity index (χ0v) is 25.8. The molecule has 0 bridgehead atoms. The molecule has 3 heterocycles. The maximum Gasteiger partial charge on any atom is 0.273 e. The summed E-state index contributed by atoms with van der Waals surface area (Å²) in [6.07, 6.45) is 1.12. The lowest BCUT2D eigenvalue weighted by Gasteiger charge is -2.50. The second-order valence-electron chi connectivity index (χ2n) is 11.7. The van der Waals surface area contributed by atoms with E-state index in [1.807, 2.05) is 74.5 Å². The van der Waals surface area contributed by atoms with Crippen LogP contribution in [0.4, 0.5) is 5.13 Å². The van der Waals surface area contributed by atoms with Gasteiger partial charge in [0.1, 0.15) is 17.2 Å². The molecule has 0 saturated carbocycles. The lowest BCUT2D eigenvalue weighted by atomic mass is 9.74. The summed E-state index contributed by atoms with van der Waals surface area (Å²) in [6, 6.07) is 19.9. The summed E-state index contributed by atoms with van der Waals surface area (Å²) in [5.74, 6) is 1.93. The van der Waals surface area contributed by atoms with Crippen molar-refractivity contribution in [3.05, 3.63) is 82.2 Å². The van der Waals surface area contributed by atoms with Gasteiger partial charge in [-0.1, -0.05) is 62.3 Å². The minimum Gasteiger partial charge on any atom is -0.475 e. The molecule has 224 valence electrons. The Hall–Kier alpha value is -3.79. The van der Waals surface area contributed by atoms with Crippen LogP contribution in [0.3, 0.4) is 0 Å². The van der Waals surface area contributed by atoms with Crippen LogP contribution >= 0.6 is 11.3 Å². The average molecular weight is 592 g/mol. The Morgan fingerprint density at radius 2 is 1.67 bits per heavy atom. The van der Waals surface area contributed by atoms with Crippen molar-refractivity contribution in [3.63, 3.8) is 0 Å². The average Bonchev–Trinajstić information content (AvgIpc) is 3.39. The number of carbonyl (C=O) groups excluding carboxylic acids is 1. The van der Waals surface area contributed by atoms with Crippen molar-refractivity contribution in [2.45, 2.75) is 59.5 Å². The highest BCUT2D eigenvalue weighted by molar-refractivity contribution is 7.14. The van der Waals surface area contributed by atoms with Crippen molar-refractivity contribution in [3.8, 4) is 11.5 Å². The molecule has 2 aromatic carbocycles. The Kier molecular flexibility index (Phi) is 10.7. The first-order valence-electron chi connectivity index (χ1n) is 14.4. The number of thiazole rings is 1. The molecule has 42 heavy (non-hydrogen) atoms. The van der Waals surface area contributed by atoms with Crippen molar-refractivity contribution in [2.75, 3.05) is 31.1 Å². The number of rotatable bonds is 10. The van der Waals surface area contributed by atoms with E-state index in [0.717, 1.165) is 29.7 Å². The fraction of sp³-hybridized carbons (Fsp3) is 0.484. The zero-order valence-electron chi connectivity index (χ0n) is 25.0. The van der Waals surface area contributed by atoms with Gasteiger partial charge in [0, 0.05) is 42.5 Å². The Bertz CT molecular complexity index is 1270. The molecule has 2 unspecified atom stereocenters. The molecule has 2 fully saturated rings. The fourth-order valence-corrected chi connectivity index (χ4v) is 5.63. The molecular formula is C31H41N7O3S. The molecule has 10 nitrogen and oxygen atoms in total. The van der Waals surface area contributed by atoms with Crippen LogP contribution in [-0.2, 0) is 0 Å². The molecule has 1 aromatic heterocycles. The zero-order chi connectivity index (χ0) is 30.1. The number of anilines is 1. The first-order valence-corrected chi connectivity index (χ1v) is 15.3. The molecule has 2 atom stereocenters. The summed E-state index contributed by atoms with van der Waals surface area (Å²) in [7, 11) is 0. The van der Waals surface area contributed by atoms with Gasteiger partial charge in [-0.3, -0.25) is 4.79 Å². The third-order valence-electron chi connectivity index (χ3n) is 7.22. The van der Waals surface area contributed by atoms with E-state index >= 15 is 0 Å². The van der Waals surface area contributed by atoms with Gasteiger partial charge in [0.15, 0.2) is 17.6 Å². The van der Waals surface area contributed by atoms with E-state index in [0.29, 0.717) is 12.2 Å². The van der Waals surface area contributed by atoms with E-state index < -0.39 is 0 Å². The van der Waals surface area contributed by atoms with E-state index in [1.165, 1.54) is 17.8 Å². The molecule has 0 aliphatic carbocycles. The van der Waals surface area contributed by atoms with Crippen LogP contribution < -0.4 is 19.7 Å². The predicted molar refractivity (Wildman–Crippen MR) is 167 cm³/mol. The Balaban J connectivity index is 0.000000194. The summed E-state index contributed by atoms with van der Waals surface area (Å²) >= 11 is 1.50. The van der Waals surface area contributed by atoms with Crippen LogP contribution in [0.5, 0.6) is 11.5 Å². The normalized spacial score (nSPS) is 19.4. The van der Waals surface area contributed by atoms with Gasteiger partial charge in [-0.15, -0.1) is 11.3 Å². The maximum atomic E-state index is 12.4. The molecule has 5 rings (SSSR count). The van der Waals surface area contributed by atoms with Crippen molar-refractivity contribution >= 4 is 22.4 Å². The molecule has 0 radical (unpaired) electrons. The summed E-state index contributed by atoms with van der Waals surface area (Å²) < 4.78 is 12.1. The smallest absolute Gasteiger partial charge is 0.273 e. The molecule has 2 aliphatic rings. The molecule has 0 spiro atoms. The third-order valence-corrected chi connectivity index (χ3v) is 8.12. The molecule has 11 heteroatoms. The Labute approximate surface area is 252 Å². The van der Waals surface area contributed by atoms with Gasteiger partial charge < -0.3 is 19.3 Å². The largest absolute Gasteiger partial charge is 0.475 e. The van der Waals surface area contributed by atoms with E-state index in [4.69, 9.17) is 15.0 Å². The number of azide groups is 1.